The van der Waals surface area contributed by atoms with Crippen molar-refractivity contribution in [1.82, 2.24) is 19.9 Å². The normalized spacial score (nSPS) is 17.6. The standard InChI is InChI=1S/C19H21N5O/c1-24-12-22-16-5-4-13(9-17(16)24)14-6-8-21-18(10-14)23-19(25)15-3-2-7-20-11-15/h4-6,8-10,12,15,20H,2-3,7,11H2,1H3,(H,21,23,25). The Labute approximate surface area is 146 Å². The van der Waals surface area contributed by atoms with Gasteiger partial charge in [-0.25, -0.2) is 9.97 Å². The van der Waals surface area contributed by atoms with Crippen LogP contribution in [0.15, 0.2) is 42.9 Å². The fraction of sp³-hybridized carbons (Fsp3) is 0.316. The van der Waals surface area contributed by atoms with Crippen molar-refractivity contribution >= 4 is 22.8 Å². The lowest BCUT2D eigenvalue weighted by Crippen LogP contribution is -2.37. The van der Waals surface area contributed by atoms with Crippen LogP contribution in [0.25, 0.3) is 22.2 Å². The van der Waals surface area contributed by atoms with Crippen molar-refractivity contribution < 1.29 is 4.79 Å². The highest BCUT2D eigenvalue weighted by molar-refractivity contribution is 5.92. The Morgan fingerprint density at radius 3 is 2.96 bits per heavy atom. The molecule has 2 aromatic heterocycles. The Hall–Kier alpha value is -2.73. The number of piperidine rings is 1. The van der Waals surface area contributed by atoms with Crippen LogP contribution in [0, 0.1) is 5.92 Å². The maximum Gasteiger partial charge on any atom is 0.229 e. The molecule has 3 aromatic rings. The number of hydrogen-bond acceptors (Lipinski definition) is 4. The molecule has 25 heavy (non-hydrogen) atoms. The second-order valence-electron chi connectivity index (χ2n) is 6.52. The van der Waals surface area contributed by atoms with Gasteiger partial charge >= 0.3 is 0 Å². The topological polar surface area (TPSA) is 71.8 Å². The molecule has 0 radical (unpaired) electrons. The summed E-state index contributed by atoms with van der Waals surface area (Å²) in [4.78, 5) is 21.0. The molecule has 6 nitrogen and oxygen atoms in total. The van der Waals surface area contributed by atoms with E-state index in [1.807, 2.05) is 42.2 Å². The lowest BCUT2D eigenvalue weighted by atomic mass is 9.99. The quantitative estimate of drug-likeness (QED) is 0.772. The van der Waals surface area contributed by atoms with Crippen molar-refractivity contribution in [3.8, 4) is 11.1 Å². The summed E-state index contributed by atoms with van der Waals surface area (Å²) in [6.45, 7) is 1.73. The van der Waals surface area contributed by atoms with Crippen molar-refractivity contribution in [2.45, 2.75) is 12.8 Å². The smallest absolute Gasteiger partial charge is 0.229 e. The van der Waals surface area contributed by atoms with E-state index in [-0.39, 0.29) is 11.8 Å². The maximum absolute atomic E-state index is 12.4. The third-order valence-electron chi connectivity index (χ3n) is 4.74. The first-order valence-corrected chi connectivity index (χ1v) is 8.60. The van der Waals surface area contributed by atoms with Crippen LogP contribution in [0.2, 0.25) is 0 Å². The molecule has 0 spiro atoms. The lowest BCUT2D eigenvalue weighted by molar-refractivity contribution is -0.120. The van der Waals surface area contributed by atoms with E-state index in [4.69, 9.17) is 0 Å². The number of aryl methyl sites for hydroxylation is 1. The predicted molar refractivity (Wildman–Crippen MR) is 98.2 cm³/mol. The molecular weight excluding hydrogens is 314 g/mol. The SMILES string of the molecule is Cn1cnc2ccc(-c3ccnc(NC(=O)C4CCCNC4)c3)cc21. The molecule has 1 unspecified atom stereocenters. The van der Waals surface area contributed by atoms with Crippen LogP contribution < -0.4 is 10.6 Å². The summed E-state index contributed by atoms with van der Waals surface area (Å²) in [7, 11) is 1.98. The lowest BCUT2D eigenvalue weighted by Gasteiger charge is -2.21. The van der Waals surface area contributed by atoms with E-state index in [9.17, 15) is 4.79 Å². The zero-order valence-corrected chi connectivity index (χ0v) is 14.2. The summed E-state index contributed by atoms with van der Waals surface area (Å²) in [5, 5.41) is 6.23. The molecule has 2 N–H and O–H groups in total. The van der Waals surface area contributed by atoms with E-state index >= 15 is 0 Å². The van der Waals surface area contributed by atoms with Gasteiger partial charge in [0.15, 0.2) is 0 Å². The highest BCUT2D eigenvalue weighted by Crippen LogP contribution is 2.25. The fourth-order valence-electron chi connectivity index (χ4n) is 3.29. The fourth-order valence-corrected chi connectivity index (χ4v) is 3.29. The Bertz CT molecular complexity index is 911. The number of aromatic nitrogens is 3. The maximum atomic E-state index is 12.4. The van der Waals surface area contributed by atoms with Gasteiger partial charge in [-0.2, -0.15) is 0 Å². The van der Waals surface area contributed by atoms with Crippen molar-refractivity contribution in [2.75, 3.05) is 18.4 Å². The zero-order chi connectivity index (χ0) is 17.2. The molecule has 1 atom stereocenters. The average molecular weight is 335 g/mol. The predicted octanol–water partition coefficient (Wildman–Crippen LogP) is 2.57. The van der Waals surface area contributed by atoms with E-state index in [1.54, 1.807) is 6.20 Å². The van der Waals surface area contributed by atoms with Crippen LogP contribution >= 0.6 is 0 Å². The molecule has 0 aliphatic carbocycles. The number of benzene rings is 1. The van der Waals surface area contributed by atoms with Gasteiger partial charge in [0, 0.05) is 19.8 Å². The Morgan fingerprint density at radius 1 is 1.24 bits per heavy atom. The number of anilines is 1. The van der Waals surface area contributed by atoms with Gasteiger partial charge in [0.25, 0.3) is 0 Å². The Kier molecular flexibility index (Phi) is 4.19. The summed E-state index contributed by atoms with van der Waals surface area (Å²) in [6.07, 6.45) is 5.51. The van der Waals surface area contributed by atoms with E-state index in [0.29, 0.717) is 5.82 Å². The second-order valence-corrected chi connectivity index (χ2v) is 6.52. The second kappa shape index (κ2) is 6.64. The van der Waals surface area contributed by atoms with Crippen LogP contribution in [-0.4, -0.2) is 33.5 Å². The van der Waals surface area contributed by atoms with E-state index in [1.165, 1.54) is 0 Å². The number of carbonyl (C=O) groups excluding carboxylic acids is 1. The van der Waals surface area contributed by atoms with Gasteiger partial charge < -0.3 is 15.2 Å². The number of rotatable bonds is 3. The molecule has 0 saturated carbocycles. The minimum absolute atomic E-state index is 0.0185. The molecular formula is C19H21N5O. The summed E-state index contributed by atoms with van der Waals surface area (Å²) in [6, 6.07) is 10.0. The third kappa shape index (κ3) is 3.25. The summed E-state index contributed by atoms with van der Waals surface area (Å²) in [5.74, 6) is 0.655. The Balaban J connectivity index is 1.57. The van der Waals surface area contributed by atoms with Gasteiger partial charge in [-0.3, -0.25) is 4.79 Å². The van der Waals surface area contributed by atoms with Gasteiger partial charge in [0.05, 0.1) is 23.3 Å². The highest BCUT2D eigenvalue weighted by atomic mass is 16.2. The molecule has 3 heterocycles. The van der Waals surface area contributed by atoms with Crippen molar-refractivity contribution in [3.05, 3.63) is 42.9 Å². The molecule has 1 aromatic carbocycles. The van der Waals surface area contributed by atoms with Gasteiger partial charge in [0.1, 0.15) is 5.82 Å². The first-order chi connectivity index (χ1) is 12.2. The molecule has 1 aliphatic heterocycles. The monoisotopic (exact) mass is 335 g/mol. The minimum Gasteiger partial charge on any atom is -0.334 e. The van der Waals surface area contributed by atoms with E-state index in [0.717, 1.165) is 48.1 Å². The number of nitrogens with zero attached hydrogens (tertiary/aromatic N) is 3. The number of carbonyl (C=O) groups is 1. The van der Waals surface area contributed by atoms with Crippen LogP contribution in [0.1, 0.15) is 12.8 Å². The number of nitrogens with one attached hydrogen (secondary N) is 2. The number of imidazole rings is 1. The number of amides is 1. The van der Waals surface area contributed by atoms with E-state index < -0.39 is 0 Å². The Morgan fingerprint density at radius 2 is 2.12 bits per heavy atom. The van der Waals surface area contributed by atoms with Gasteiger partial charge in [0.2, 0.25) is 5.91 Å². The molecule has 6 heteroatoms. The number of hydrogen-bond donors (Lipinski definition) is 2. The minimum atomic E-state index is 0.0185. The molecule has 1 saturated heterocycles. The van der Waals surface area contributed by atoms with Gasteiger partial charge in [-0.1, -0.05) is 6.07 Å². The molecule has 1 amide bonds. The molecule has 128 valence electrons. The molecule has 4 rings (SSSR count). The molecule has 1 aliphatic rings. The first kappa shape index (κ1) is 15.8. The zero-order valence-electron chi connectivity index (χ0n) is 14.2. The van der Waals surface area contributed by atoms with Crippen LogP contribution in [0.4, 0.5) is 5.82 Å². The summed E-state index contributed by atoms with van der Waals surface area (Å²) < 4.78 is 2.00. The third-order valence-corrected chi connectivity index (χ3v) is 4.74. The number of fused-ring (bicyclic) bond motifs is 1. The van der Waals surface area contributed by atoms with Crippen molar-refractivity contribution in [3.63, 3.8) is 0 Å². The first-order valence-electron chi connectivity index (χ1n) is 8.60. The highest BCUT2D eigenvalue weighted by Gasteiger charge is 2.21. The molecule has 0 bridgehead atoms. The van der Waals surface area contributed by atoms with Crippen molar-refractivity contribution in [1.29, 1.82) is 0 Å². The average Bonchev–Trinajstić information content (AvgIpc) is 3.03. The number of pyridine rings is 1. The van der Waals surface area contributed by atoms with Gasteiger partial charge in [-0.15, -0.1) is 0 Å². The van der Waals surface area contributed by atoms with Crippen LogP contribution in [-0.2, 0) is 11.8 Å². The summed E-state index contributed by atoms with van der Waals surface area (Å²) >= 11 is 0. The van der Waals surface area contributed by atoms with Crippen LogP contribution in [0.5, 0.6) is 0 Å². The van der Waals surface area contributed by atoms with E-state index in [2.05, 4.69) is 26.7 Å². The summed E-state index contributed by atoms with van der Waals surface area (Å²) in [5.41, 5.74) is 4.15. The molecule has 1 fully saturated rings. The van der Waals surface area contributed by atoms with Gasteiger partial charge in [-0.05, 0) is 54.8 Å². The van der Waals surface area contributed by atoms with Crippen LogP contribution in [0.3, 0.4) is 0 Å². The largest absolute Gasteiger partial charge is 0.334 e. The van der Waals surface area contributed by atoms with Crippen molar-refractivity contribution in [2.24, 2.45) is 13.0 Å².